The van der Waals surface area contributed by atoms with Gasteiger partial charge in [-0.25, -0.2) is 12.8 Å². The molecule has 186 valence electrons. The van der Waals surface area contributed by atoms with Crippen molar-refractivity contribution in [1.29, 1.82) is 0 Å². The van der Waals surface area contributed by atoms with E-state index >= 15 is 0 Å². The predicted octanol–water partition coefficient (Wildman–Crippen LogP) is 3.20. The Morgan fingerprint density at radius 1 is 1.15 bits per heavy atom. The summed E-state index contributed by atoms with van der Waals surface area (Å²) < 4.78 is 44.7. The molecule has 2 amide bonds. The molecule has 0 aliphatic heterocycles. The molecule has 8 nitrogen and oxygen atoms in total. The molecule has 1 N–H and O–H groups in total. The number of rotatable bonds is 10. The maximum atomic E-state index is 13.6. The quantitative estimate of drug-likeness (QED) is 0.526. The molecule has 0 bridgehead atoms. The highest BCUT2D eigenvalue weighted by Crippen LogP contribution is 2.25. The molecule has 2 rings (SSSR count). The average Bonchev–Trinajstić information content (AvgIpc) is 2.76. The lowest BCUT2D eigenvalue weighted by Crippen LogP contribution is -2.52. The molecular formula is C23H29ClFN3O5S. The second-order valence-electron chi connectivity index (χ2n) is 8.08. The van der Waals surface area contributed by atoms with E-state index in [1.807, 2.05) is 0 Å². The van der Waals surface area contributed by atoms with E-state index in [-0.39, 0.29) is 29.2 Å². The number of nitrogens with one attached hydrogen (secondary N) is 1. The van der Waals surface area contributed by atoms with E-state index in [4.69, 9.17) is 16.3 Å². The molecule has 11 heteroatoms. The summed E-state index contributed by atoms with van der Waals surface area (Å²) in [6.07, 6.45) is 0.929. The zero-order valence-corrected chi connectivity index (χ0v) is 21.3. The lowest BCUT2D eigenvalue weighted by atomic mass is 10.1. The van der Waals surface area contributed by atoms with Crippen LogP contribution in [0.15, 0.2) is 42.5 Å². The molecule has 2 aromatic rings. The lowest BCUT2D eigenvalue weighted by molar-refractivity contribution is -0.139. The van der Waals surface area contributed by atoms with Gasteiger partial charge in [-0.2, -0.15) is 0 Å². The van der Waals surface area contributed by atoms with Crippen molar-refractivity contribution in [2.75, 3.05) is 24.2 Å². The number of benzene rings is 2. The summed E-state index contributed by atoms with van der Waals surface area (Å²) in [6.45, 7) is 4.58. The second kappa shape index (κ2) is 11.5. The fourth-order valence-electron chi connectivity index (χ4n) is 3.21. The Bertz CT molecular complexity index is 1140. The number of ether oxygens (including phenoxy) is 1. The minimum Gasteiger partial charge on any atom is -0.497 e. The van der Waals surface area contributed by atoms with Crippen LogP contribution in [0.3, 0.4) is 0 Å². The zero-order valence-electron chi connectivity index (χ0n) is 19.7. The van der Waals surface area contributed by atoms with Crippen molar-refractivity contribution in [3.8, 4) is 5.75 Å². The molecule has 0 aliphatic rings. The van der Waals surface area contributed by atoms with Crippen LogP contribution in [0.1, 0.15) is 26.3 Å². The maximum Gasteiger partial charge on any atom is 0.244 e. The van der Waals surface area contributed by atoms with Gasteiger partial charge in [-0.15, -0.1) is 0 Å². The van der Waals surface area contributed by atoms with Crippen LogP contribution in [-0.2, 0) is 26.2 Å². The fourth-order valence-corrected chi connectivity index (χ4v) is 4.23. The van der Waals surface area contributed by atoms with E-state index in [0.29, 0.717) is 11.3 Å². The Labute approximate surface area is 204 Å². The van der Waals surface area contributed by atoms with Crippen LogP contribution in [0.25, 0.3) is 0 Å². The standard InChI is InChI=1S/C23H29ClFN3O5S/c1-15(2)26-23(30)16(3)27(13-17-7-6-8-19(11-17)33-4)22(29)14-28(34(5,31)32)18-9-10-21(25)20(24)12-18/h6-12,15-16H,13-14H2,1-5H3,(H,26,30)/t16-/m1/s1. The third-order valence-electron chi connectivity index (χ3n) is 4.96. The molecular weight excluding hydrogens is 485 g/mol. The SMILES string of the molecule is COc1cccc(CN(C(=O)CN(c2ccc(F)c(Cl)c2)S(C)(=O)=O)[C@H](C)C(=O)NC(C)C)c1. The zero-order chi connectivity index (χ0) is 25.6. The monoisotopic (exact) mass is 513 g/mol. The molecule has 2 aromatic carbocycles. The third-order valence-corrected chi connectivity index (χ3v) is 6.39. The summed E-state index contributed by atoms with van der Waals surface area (Å²) in [5.74, 6) is -1.16. The molecule has 0 spiro atoms. The van der Waals surface area contributed by atoms with Crippen molar-refractivity contribution in [2.45, 2.75) is 39.4 Å². The Hall–Kier alpha value is -2.85. The van der Waals surface area contributed by atoms with Gasteiger partial charge < -0.3 is 15.0 Å². The summed E-state index contributed by atoms with van der Waals surface area (Å²) >= 11 is 5.83. The van der Waals surface area contributed by atoms with Crippen LogP contribution in [0, 0.1) is 5.82 Å². The van der Waals surface area contributed by atoms with Crippen LogP contribution in [0.5, 0.6) is 5.75 Å². The molecule has 0 heterocycles. The van der Waals surface area contributed by atoms with E-state index < -0.39 is 34.3 Å². The smallest absolute Gasteiger partial charge is 0.244 e. The number of hydrogen-bond acceptors (Lipinski definition) is 5. The van der Waals surface area contributed by atoms with E-state index in [1.165, 1.54) is 18.1 Å². The van der Waals surface area contributed by atoms with Gasteiger partial charge in [0.05, 0.1) is 24.1 Å². The Morgan fingerprint density at radius 3 is 2.38 bits per heavy atom. The summed E-state index contributed by atoms with van der Waals surface area (Å²) in [5.41, 5.74) is 0.718. The van der Waals surface area contributed by atoms with Crippen LogP contribution in [0.2, 0.25) is 5.02 Å². The Balaban J connectivity index is 2.42. The summed E-state index contributed by atoms with van der Waals surface area (Å²) in [5, 5.41) is 2.49. The Morgan fingerprint density at radius 2 is 1.82 bits per heavy atom. The molecule has 0 fully saturated rings. The minimum atomic E-state index is -3.94. The average molecular weight is 514 g/mol. The number of carbonyl (C=O) groups excluding carboxylic acids is 2. The summed E-state index contributed by atoms with van der Waals surface area (Å²) in [7, 11) is -2.43. The first-order valence-electron chi connectivity index (χ1n) is 10.5. The molecule has 0 saturated heterocycles. The lowest BCUT2D eigenvalue weighted by Gasteiger charge is -2.32. The molecule has 0 aliphatic carbocycles. The van der Waals surface area contributed by atoms with Crippen molar-refractivity contribution < 1.29 is 27.1 Å². The third kappa shape index (κ3) is 7.33. The first-order valence-corrected chi connectivity index (χ1v) is 12.7. The molecule has 0 radical (unpaired) electrons. The van der Waals surface area contributed by atoms with E-state index in [0.717, 1.165) is 22.7 Å². The molecule has 0 unspecified atom stereocenters. The van der Waals surface area contributed by atoms with Crippen molar-refractivity contribution in [1.82, 2.24) is 10.2 Å². The number of nitrogens with zero attached hydrogens (tertiary/aromatic N) is 2. The Kier molecular flexibility index (Phi) is 9.29. The van der Waals surface area contributed by atoms with E-state index in [2.05, 4.69) is 5.32 Å². The van der Waals surface area contributed by atoms with Crippen molar-refractivity contribution in [2.24, 2.45) is 0 Å². The van der Waals surface area contributed by atoms with Gasteiger partial charge in [0.25, 0.3) is 0 Å². The van der Waals surface area contributed by atoms with Crippen molar-refractivity contribution in [3.05, 3.63) is 58.9 Å². The van der Waals surface area contributed by atoms with Gasteiger partial charge >= 0.3 is 0 Å². The number of carbonyl (C=O) groups is 2. The van der Waals surface area contributed by atoms with E-state index in [1.54, 1.807) is 45.0 Å². The van der Waals surface area contributed by atoms with Gasteiger partial charge in [0.2, 0.25) is 21.8 Å². The highest BCUT2D eigenvalue weighted by atomic mass is 35.5. The number of hydrogen-bond donors (Lipinski definition) is 1. The highest BCUT2D eigenvalue weighted by molar-refractivity contribution is 7.92. The first-order chi connectivity index (χ1) is 15.8. The highest BCUT2D eigenvalue weighted by Gasteiger charge is 2.30. The number of amides is 2. The molecule has 0 saturated carbocycles. The fraction of sp³-hybridized carbons (Fsp3) is 0.391. The topological polar surface area (TPSA) is 96.0 Å². The van der Waals surface area contributed by atoms with Gasteiger partial charge in [-0.3, -0.25) is 13.9 Å². The number of methoxy groups -OCH3 is 1. The minimum absolute atomic E-state index is 0.0304. The van der Waals surface area contributed by atoms with Gasteiger partial charge in [-0.05, 0) is 56.7 Å². The predicted molar refractivity (Wildman–Crippen MR) is 130 cm³/mol. The van der Waals surface area contributed by atoms with E-state index in [9.17, 15) is 22.4 Å². The second-order valence-corrected chi connectivity index (χ2v) is 10.4. The summed E-state index contributed by atoms with van der Waals surface area (Å²) in [6, 6.07) is 9.30. The number of halogens is 2. The van der Waals surface area contributed by atoms with Crippen LogP contribution in [0.4, 0.5) is 10.1 Å². The van der Waals surface area contributed by atoms with Gasteiger partial charge in [-0.1, -0.05) is 23.7 Å². The van der Waals surface area contributed by atoms with Crippen molar-refractivity contribution >= 4 is 39.1 Å². The molecule has 1 atom stereocenters. The first kappa shape index (κ1) is 27.4. The molecule has 34 heavy (non-hydrogen) atoms. The number of anilines is 1. The van der Waals surface area contributed by atoms with Crippen LogP contribution >= 0.6 is 11.6 Å². The van der Waals surface area contributed by atoms with Crippen LogP contribution in [-0.4, -0.2) is 57.1 Å². The van der Waals surface area contributed by atoms with Gasteiger partial charge in [0.15, 0.2) is 0 Å². The van der Waals surface area contributed by atoms with Crippen molar-refractivity contribution in [3.63, 3.8) is 0 Å². The van der Waals surface area contributed by atoms with Gasteiger partial charge in [0, 0.05) is 12.6 Å². The normalized spacial score (nSPS) is 12.2. The largest absolute Gasteiger partial charge is 0.497 e. The van der Waals surface area contributed by atoms with Gasteiger partial charge in [0.1, 0.15) is 24.2 Å². The maximum absolute atomic E-state index is 13.6. The van der Waals surface area contributed by atoms with Crippen LogP contribution < -0.4 is 14.4 Å². The number of sulfonamides is 1. The summed E-state index contributed by atoms with van der Waals surface area (Å²) in [4.78, 5) is 27.4. The molecule has 0 aromatic heterocycles.